The Morgan fingerprint density at radius 1 is 1.12 bits per heavy atom. The molecule has 0 fully saturated rings. The summed E-state index contributed by atoms with van der Waals surface area (Å²) in [6, 6.07) is 18.4. The van der Waals surface area contributed by atoms with E-state index in [1.807, 2.05) is 25.1 Å². The van der Waals surface area contributed by atoms with E-state index in [-0.39, 0.29) is 6.61 Å². The number of aliphatic carboxylic acids is 1. The van der Waals surface area contributed by atoms with Crippen molar-refractivity contribution < 1.29 is 19.5 Å². The van der Waals surface area contributed by atoms with Crippen molar-refractivity contribution in [1.29, 1.82) is 0 Å². The molecule has 0 aliphatic heterocycles. The summed E-state index contributed by atoms with van der Waals surface area (Å²) in [5.74, 6) is -0.430. The number of ether oxygens (including phenoxy) is 1. The van der Waals surface area contributed by atoms with Gasteiger partial charge in [0.1, 0.15) is 5.75 Å². The number of thioether (sulfide) groups is 1. The number of carboxylic acids is 1. The van der Waals surface area contributed by atoms with Crippen molar-refractivity contribution in [2.75, 3.05) is 19.5 Å². The largest absolute Gasteiger partial charge is 0.482 e. The minimum absolute atomic E-state index is 0.350. The zero-order valence-corrected chi connectivity index (χ0v) is 19.3. The van der Waals surface area contributed by atoms with Crippen molar-refractivity contribution in [3.63, 3.8) is 0 Å². The molecule has 1 aromatic heterocycles. The fraction of sp³-hybridized carbons (Fsp3) is 0.240. The third kappa shape index (κ3) is 6.42. The van der Waals surface area contributed by atoms with Gasteiger partial charge in [-0.05, 0) is 79.3 Å². The number of nitrogens with one attached hydrogen (secondary N) is 1. The Morgan fingerprint density at radius 2 is 1.91 bits per heavy atom. The number of carboxylic acid groups (broad SMARTS) is 1. The Morgan fingerprint density at radius 3 is 2.59 bits per heavy atom. The minimum Gasteiger partial charge on any atom is -0.482 e. The first-order chi connectivity index (χ1) is 15.5. The second kappa shape index (κ2) is 11.5. The van der Waals surface area contributed by atoms with Crippen LogP contribution in [-0.4, -0.2) is 35.1 Å². The number of aryl methyl sites for hydroxylation is 2. The van der Waals surface area contributed by atoms with E-state index in [2.05, 4.69) is 59.6 Å². The number of hydroxylamine groups is 1. The van der Waals surface area contributed by atoms with Crippen LogP contribution in [0, 0.1) is 13.8 Å². The standard InChI is InChI=1S/C25H28N2O4S/c1-18-16-20(5-11-24(18)30-17-25(28)29)12-13-26-31-15-14-27-19(2)4-10-23(27)21-6-8-22(32-3)9-7-21/h4-13,16,26H,14-15,17H2,1-3H3,(H,28,29). The number of hydrogen-bond acceptors (Lipinski definition) is 5. The van der Waals surface area contributed by atoms with Crippen LogP contribution in [0.4, 0.5) is 0 Å². The molecule has 2 N–H and O–H groups in total. The molecule has 168 valence electrons. The number of hydrogen-bond donors (Lipinski definition) is 2. The topological polar surface area (TPSA) is 72.7 Å². The van der Waals surface area contributed by atoms with Crippen LogP contribution in [0.3, 0.4) is 0 Å². The molecule has 7 heteroatoms. The zero-order chi connectivity index (χ0) is 22.9. The van der Waals surface area contributed by atoms with Crippen molar-refractivity contribution in [2.45, 2.75) is 25.3 Å². The summed E-state index contributed by atoms with van der Waals surface area (Å²) < 4.78 is 7.49. The summed E-state index contributed by atoms with van der Waals surface area (Å²) in [5.41, 5.74) is 8.24. The number of rotatable bonds is 11. The van der Waals surface area contributed by atoms with Gasteiger partial charge in [0, 0.05) is 29.0 Å². The molecule has 32 heavy (non-hydrogen) atoms. The van der Waals surface area contributed by atoms with Gasteiger partial charge in [-0.15, -0.1) is 11.8 Å². The van der Waals surface area contributed by atoms with Crippen molar-refractivity contribution in [3.05, 3.63) is 77.6 Å². The first-order valence-corrected chi connectivity index (χ1v) is 11.5. The van der Waals surface area contributed by atoms with Crippen LogP contribution in [0.25, 0.3) is 17.3 Å². The maximum atomic E-state index is 10.6. The predicted octanol–water partition coefficient (Wildman–Crippen LogP) is 5.15. The minimum atomic E-state index is -0.995. The number of aromatic nitrogens is 1. The lowest BCUT2D eigenvalue weighted by Gasteiger charge is -2.12. The van der Waals surface area contributed by atoms with E-state index in [1.54, 1.807) is 24.0 Å². The first-order valence-electron chi connectivity index (χ1n) is 10.3. The van der Waals surface area contributed by atoms with Crippen molar-refractivity contribution in [3.8, 4) is 17.0 Å². The van der Waals surface area contributed by atoms with E-state index in [9.17, 15) is 4.79 Å². The average Bonchev–Trinajstić information content (AvgIpc) is 3.15. The summed E-state index contributed by atoms with van der Waals surface area (Å²) in [6.45, 7) is 4.87. The van der Waals surface area contributed by atoms with Crippen molar-refractivity contribution in [1.82, 2.24) is 10.0 Å². The lowest BCUT2D eigenvalue weighted by Crippen LogP contribution is -2.14. The molecule has 0 radical (unpaired) electrons. The molecular formula is C25H28N2O4S. The van der Waals surface area contributed by atoms with Gasteiger partial charge >= 0.3 is 5.97 Å². The summed E-state index contributed by atoms with van der Waals surface area (Å²) in [4.78, 5) is 17.5. The SMILES string of the molecule is CSc1ccc(-c2ccc(C)n2CCONC=Cc2ccc(OCC(=O)O)c(C)c2)cc1. The molecule has 0 aliphatic carbocycles. The predicted molar refractivity (Wildman–Crippen MR) is 129 cm³/mol. The fourth-order valence-corrected chi connectivity index (χ4v) is 3.74. The Kier molecular flexibility index (Phi) is 8.41. The molecule has 3 aromatic rings. The van der Waals surface area contributed by atoms with Crippen LogP contribution in [-0.2, 0) is 16.2 Å². The Balaban J connectivity index is 1.50. The molecule has 0 aliphatic rings. The van der Waals surface area contributed by atoms with Gasteiger partial charge in [0.15, 0.2) is 6.61 Å². The Labute approximate surface area is 192 Å². The molecule has 0 bridgehead atoms. The molecule has 0 saturated heterocycles. The number of nitrogens with zero attached hydrogens (tertiary/aromatic N) is 1. The third-order valence-electron chi connectivity index (χ3n) is 4.98. The summed E-state index contributed by atoms with van der Waals surface area (Å²) in [6.07, 6.45) is 5.69. The third-order valence-corrected chi connectivity index (χ3v) is 5.72. The highest BCUT2D eigenvalue weighted by atomic mass is 32.2. The lowest BCUT2D eigenvalue weighted by molar-refractivity contribution is -0.139. The van der Waals surface area contributed by atoms with Crippen molar-refractivity contribution in [2.24, 2.45) is 0 Å². The molecule has 6 nitrogen and oxygen atoms in total. The summed E-state index contributed by atoms with van der Waals surface area (Å²) in [5, 5.41) is 8.71. The highest BCUT2D eigenvalue weighted by molar-refractivity contribution is 7.98. The van der Waals surface area contributed by atoms with E-state index >= 15 is 0 Å². The van der Waals surface area contributed by atoms with Gasteiger partial charge in [0.05, 0.1) is 6.61 Å². The lowest BCUT2D eigenvalue weighted by atomic mass is 10.1. The molecule has 0 amide bonds. The Bertz CT molecular complexity index is 1070. The number of benzene rings is 2. The van der Waals surface area contributed by atoms with E-state index in [4.69, 9.17) is 14.7 Å². The molecular weight excluding hydrogens is 424 g/mol. The zero-order valence-electron chi connectivity index (χ0n) is 18.5. The normalized spacial score (nSPS) is 11.1. The second-order valence-corrected chi connectivity index (χ2v) is 8.13. The molecule has 1 heterocycles. The molecule has 0 spiro atoms. The average molecular weight is 453 g/mol. The summed E-state index contributed by atoms with van der Waals surface area (Å²) >= 11 is 1.74. The van der Waals surface area contributed by atoms with E-state index < -0.39 is 5.97 Å². The van der Waals surface area contributed by atoms with Crippen LogP contribution in [0.2, 0.25) is 0 Å². The summed E-state index contributed by atoms with van der Waals surface area (Å²) in [7, 11) is 0. The van der Waals surface area contributed by atoms with E-state index in [0.717, 1.165) is 17.7 Å². The van der Waals surface area contributed by atoms with Gasteiger partial charge in [-0.25, -0.2) is 4.79 Å². The monoisotopic (exact) mass is 452 g/mol. The van der Waals surface area contributed by atoms with E-state index in [0.29, 0.717) is 12.4 Å². The van der Waals surface area contributed by atoms with Crippen LogP contribution in [0.5, 0.6) is 5.75 Å². The van der Waals surface area contributed by atoms with Gasteiger partial charge in [0.25, 0.3) is 0 Å². The second-order valence-electron chi connectivity index (χ2n) is 7.25. The molecule has 0 saturated carbocycles. The van der Waals surface area contributed by atoms with Gasteiger partial charge in [0.2, 0.25) is 0 Å². The first kappa shape index (κ1) is 23.5. The van der Waals surface area contributed by atoms with Gasteiger partial charge in [-0.2, -0.15) is 0 Å². The maximum absolute atomic E-state index is 10.6. The Hall–Kier alpha value is -3.16. The van der Waals surface area contributed by atoms with Gasteiger partial charge in [-0.3, -0.25) is 10.3 Å². The maximum Gasteiger partial charge on any atom is 0.341 e. The number of carbonyl (C=O) groups is 1. The van der Waals surface area contributed by atoms with Gasteiger partial charge < -0.3 is 14.4 Å². The highest BCUT2D eigenvalue weighted by Crippen LogP contribution is 2.25. The van der Waals surface area contributed by atoms with Crippen LogP contribution in [0.1, 0.15) is 16.8 Å². The molecule has 0 atom stereocenters. The van der Waals surface area contributed by atoms with Crippen LogP contribution < -0.4 is 10.2 Å². The molecule has 2 aromatic carbocycles. The fourth-order valence-electron chi connectivity index (χ4n) is 3.33. The molecule has 3 rings (SSSR count). The van der Waals surface area contributed by atoms with Gasteiger partial charge in [-0.1, -0.05) is 18.2 Å². The highest BCUT2D eigenvalue weighted by Gasteiger charge is 2.08. The van der Waals surface area contributed by atoms with Crippen LogP contribution >= 0.6 is 11.8 Å². The smallest absolute Gasteiger partial charge is 0.341 e. The van der Waals surface area contributed by atoms with Crippen molar-refractivity contribution >= 4 is 23.8 Å². The van der Waals surface area contributed by atoms with E-state index in [1.165, 1.54) is 21.8 Å². The molecule has 0 unspecified atom stereocenters. The quantitative estimate of drug-likeness (QED) is 0.238. The van der Waals surface area contributed by atoms with Crippen LogP contribution in [0.15, 0.2) is 65.7 Å².